The second kappa shape index (κ2) is 5.43. The highest BCUT2D eigenvalue weighted by molar-refractivity contribution is 7.85. The van der Waals surface area contributed by atoms with Crippen LogP contribution in [0.15, 0.2) is 47.4 Å². The van der Waals surface area contributed by atoms with Crippen molar-refractivity contribution in [3.05, 3.63) is 52.6 Å². The van der Waals surface area contributed by atoms with Crippen molar-refractivity contribution in [1.29, 1.82) is 0 Å². The van der Waals surface area contributed by atoms with Gasteiger partial charge in [0.15, 0.2) is 0 Å². The highest BCUT2D eigenvalue weighted by Gasteiger charge is 2.08. The van der Waals surface area contributed by atoms with Crippen molar-refractivity contribution in [3.63, 3.8) is 0 Å². The van der Waals surface area contributed by atoms with Crippen LogP contribution >= 0.6 is 0 Å². The fraction of sp³-hybridized carbons (Fsp3) is 0. The first kappa shape index (κ1) is 13.9. The van der Waals surface area contributed by atoms with Gasteiger partial charge in [0.25, 0.3) is 15.2 Å². The summed E-state index contributed by atoms with van der Waals surface area (Å²) in [5.41, 5.74) is 0. The molecule has 0 aromatic heterocycles. The second-order valence-electron chi connectivity index (χ2n) is 3.22. The summed E-state index contributed by atoms with van der Waals surface area (Å²) in [6, 6.07) is 11.9. The van der Waals surface area contributed by atoms with Crippen LogP contribution in [0, 0.1) is 10.1 Å². The van der Waals surface area contributed by atoms with Crippen LogP contribution in [-0.2, 0) is 10.1 Å². The summed E-state index contributed by atoms with van der Waals surface area (Å²) >= 11 is 0. The highest BCUT2D eigenvalue weighted by Crippen LogP contribution is 2.18. The Hall–Kier alpha value is -2.19. The molecule has 0 amide bonds. The van der Waals surface area contributed by atoms with Gasteiger partial charge in [-0.1, -0.05) is 30.3 Å². The lowest BCUT2D eigenvalue weighted by Crippen LogP contribution is -1.97. The van der Waals surface area contributed by atoms with Crippen LogP contribution in [0.3, 0.4) is 0 Å². The summed E-state index contributed by atoms with van der Waals surface area (Å²) in [7, 11) is -4.09. The lowest BCUT2D eigenvalue weighted by Gasteiger charge is -1.99. The van der Waals surface area contributed by atoms with E-state index in [9.17, 15) is 8.42 Å². The van der Waals surface area contributed by atoms with Gasteiger partial charge in [0, 0.05) is 0 Å². The van der Waals surface area contributed by atoms with Crippen LogP contribution < -0.4 is 0 Å². The SMILES string of the molecule is O=S(=O)(O)c1ccc2ccccc2c1.O=[N+]([O-])O. The molecule has 2 rings (SSSR count). The molecule has 0 spiro atoms. The van der Waals surface area contributed by atoms with Crippen LogP contribution in [0.4, 0.5) is 0 Å². The molecule has 0 aliphatic rings. The van der Waals surface area contributed by atoms with Crippen LogP contribution in [-0.4, -0.2) is 23.3 Å². The molecule has 0 radical (unpaired) electrons. The fourth-order valence-corrected chi connectivity index (χ4v) is 1.84. The Kier molecular flexibility index (Phi) is 4.18. The summed E-state index contributed by atoms with van der Waals surface area (Å²) in [6.07, 6.45) is 0. The molecule has 0 aliphatic carbocycles. The first-order valence-corrected chi connectivity index (χ1v) is 6.04. The third-order valence-corrected chi connectivity index (χ3v) is 2.87. The Balaban J connectivity index is 0.000000357. The summed E-state index contributed by atoms with van der Waals surface area (Å²) in [5.74, 6) is 0. The minimum Gasteiger partial charge on any atom is -0.328 e. The maximum Gasteiger partial charge on any atom is 0.294 e. The van der Waals surface area contributed by atoms with E-state index >= 15 is 0 Å². The van der Waals surface area contributed by atoms with Gasteiger partial charge in [0.05, 0.1) is 4.90 Å². The Morgan fingerprint density at radius 3 is 2.06 bits per heavy atom. The first-order chi connectivity index (χ1) is 8.30. The zero-order valence-corrected chi connectivity index (χ0v) is 9.74. The number of rotatable bonds is 1. The van der Waals surface area contributed by atoms with Crippen LogP contribution in [0.2, 0.25) is 0 Å². The molecule has 2 N–H and O–H groups in total. The normalized spacial score (nSPS) is 10.5. The molecule has 18 heavy (non-hydrogen) atoms. The van der Waals surface area contributed by atoms with Crippen molar-refractivity contribution >= 4 is 20.9 Å². The van der Waals surface area contributed by atoms with Crippen LogP contribution in [0.25, 0.3) is 10.8 Å². The lowest BCUT2D eigenvalue weighted by molar-refractivity contribution is -0.742. The van der Waals surface area contributed by atoms with Gasteiger partial charge in [-0.15, -0.1) is 10.1 Å². The Bertz CT molecular complexity index is 663. The molecule has 8 heteroatoms. The van der Waals surface area contributed by atoms with E-state index in [4.69, 9.17) is 19.9 Å². The zero-order valence-electron chi connectivity index (χ0n) is 8.92. The molecule has 0 saturated heterocycles. The predicted octanol–water partition coefficient (Wildman–Crippen LogP) is 1.74. The van der Waals surface area contributed by atoms with Gasteiger partial charge in [0.1, 0.15) is 0 Å². The molecule has 2 aromatic rings. The number of benzene rings is 2. The number of hydrogen-bond donors (Lipinski definition) is 2. The molecular formula is C10H9NO6S. The van der Waals surface area contributed by atoms with E-state index in [0.717, 1.165) is 10.8 Å². The molecule has 7 nitrogen and oxygen atoms in total. The topological polar surface area (TPSA) is 118 Å². The summed E-state index contributed by atoms with van der Waals surface area (Å²) < 4.78 is 30.5. The molecule has 0 fully saturated rings. The first-order valence-electron chi connectivity index (χ1n) is 4.60. The van der Waals surface area contributed by atoms with Gasteiger partial charge >= 0.3 is 0 Å². The monoisotopic (exact) mass is 271 g/mol. The Labute approximate surface area is 102 Å². The van der Waals surface area contributed by atoms with Gasteiger partial charge in [0.2, 0.25) is 0 Å². The maximum absolute atomic E-state index is 10.8. The van der Waals surface area contributed by atoms with Crippen LogP contribution in [0.1, 0.15) is 0 Å². The minimum absolute atomic E-state index is 0.0730. The maximum atomic E-state index is 10.8. The molecule has 0 unspecified atom stereocenters. The van der Waals surface area contributed by atoms with E-state index in [1.165, 1.54) is 12.1 Å². The van der Waals surface area contributed by atoms with Crippen LogP contribution in [0.5, 0.6) is 0 Å². The van der Waals surface area contributed by atoms with Crippen molar-refractivity contribution in [1.82, 2.24) is 0 Å². The van der Waals surface area contributed by atoms with Crippen molar-refractivity contribution in [2.75, 3.05) is 0 Å². The Morgan fingerprint density at radius 2 is 1.56 bits per heavy atom. The molecule has 0 atom stereocenters. The van der Waals surface area contributed by atoms with E-state index in [1.807, 2.05) is 18.2 Å². The van der Waals surface area contributed by atoms with E-state index in [0.29, 0.717) is 0 Å². The van der Waals surface area contributed by atoms with E-state index in [-0.39, 0.29) is 4.90 Å². The van der Waals surface area contributed by atoms with Crippen molar-refractivity contribution in [2.45, 2.75) is 4.90 Å². The fourth-order valence-electron chi connectivity index (χ4n) is 1.33. The van der Waals surface area contributed by atoms with Gasteiger partial charge in [-0.3, -0.25) is 4.55 Å². The van der Waals surface area contributed by atoms with Gasteiger partial charge in [-0.25, -0.2) is 0 Å². The molecular weight excluding hydrogens is 262 g/mol. The van der Waals surface area contributed by atoms with E-state index in [1.54, 1.807) is 12.1 Å². The smallest absolute Gasteiger partial charge is 0.294 e. The number of nitrogens with zero attached hydrogens (tertiary/aromatic N) is 1. The molecule has 0 heterocycles. The summed E-state index contributed by atoms with van der Waals surface area (Å²) in [4.78, 5) is 8.29. The highest BCUT2D eigenvalue weighted by atomic mass is 32.2. The van der Waals surface area contributed by atoms with Crippen molar-refractivity contribution in [3.8, 4) is 0 Å². The number of fused-ring (bicyclic) bond motifs is 1. The average molecular weight is 271 g/mol. The van der Waals surface area contributed by atoms with Gasteiger partial charge in [-0.05, 0) is 22.9 Å². The van der Waals surface area contributed by atoms with Crippen molar-refractivity contribution in [2.24, 2.45) is 0 Å². The summed E-state index contributed by atoms with van der Waals surface area (Å²) in [5, 5.41) is 15.4. The second-order valence-corrected chi connectivity index (χ2v) is 4.64. The standard InChI is InChI=1S/C10H8O3S.HNO3/c11-14(12,13)10-6-5-8-3-1-2-4-9(8)7-10;2-1(3)4/h1-7H,(H,11,12,13);(H,2,3,4). The quantitative estimate of drug-likeness (QED) is 0.463. The molecule has 0 aliphatic heterocycles. The largest absolute Gasteiger partial charge is 0.328 e. The average Bonchev–Trinajstić information content (AvgIpc) is 2.26. The molecule has 96 valence electrons. The third-order valence-electron chi connectivity index (χ3n) is 2.02. The third kappa shape index (κ3) is 4.00. The minimum atomic E-state index is -4.09. The molecule has 2 aromatic carbocycles. The van der Waals surface area contributed by atoms with E-state index < -0.39 is 15.2 Å². The van der Waals surface area contributed by atoms with Crippen molar-refractivity contribution < 1.29 is 23.3 Å². The predicted molar refractivity (Wildman–Crippen MR) is 62.5 cm³/mol. The zero-order chi connectivity index (χ0) is 13.8. The number of hydrogen-bond acceptors (Lipinski definition) is 4. The summed E-state index contributed by atoms with van der Waals surface area (Å²) in [6.45, 7) is 0. The van der Waals surface area contributed by atoms with Gasteiger partial charge in [-0.2, -0.15) is 8.42 Å². The lowest BCUT2D eigenvalue weighted by atomic mass is 10.1. The molecule has 0 bridgehead atoms. The Morgan fingerprint density at radius 1 is 1.06 bits per heavy atom. The molecule has 0 saturated carbocycles. The van der Waals surface area contributed by atoms with Gasteiger partial charge < -0.3 is 5.21 Å². The van der Waals surface area contributed by atoms with E-state index in [2.05, 4.69) is 0 Å².